The molecule has 0 aromatic rings. The van der Waals surface area contributed by atoms with Crippen molar-refractivity contribution in [3.8, 4) is 0 Å². The van der Waals surface area contributed by atoms with Crippen molar-refractivity contribution in [3.63, 3.8) is 0 Å². The van der Waals surface area contributed by atoms with E-state index in [0.29, 0.717) is 12.8 Å². The van der Waals surface area contributed by atoms with E-state index >= 15 is 0 Å². The molecule has 0 saturated carbocycles. The third-order valence-electron chi connectivity index (χ3n) is 7.31. The summed E-state index contributed by atoms with van der Waals surface area (Å²) in [6.45, 7) is -2.18. The summed E-state index contributed by atoms with van der Waals surface area (Å²) in [6, 6.07) is 0. The van der Waals surface area contributed by atoms with E-state index in [1.165, 1.54) is 0 Å². The number of carbonyl (C=O) groups excluding carboxylic acids is 1. The van der Waals surface area contributed by atoms with Crippen LogP contribution in [0.2, 0.25) is 0 Å². The van der Waals surface area contributed by atoms with Crippen molar-refractivity contribution in [2.75, 3.05) is 19.8 Å². The lowest BCUT2D eigenvalue weighted by molar-refractivity contribution is -0.383. The summed E-state index contributed by atoms with van der Waals surface area (Å²) < 4.78 is 21.6. The second kappa shape index (κ2) is 17.5. The monoisotopic (exact) mass is 582 g/mol. The van der Waals surface area contributed by atoms with E-state index in [-0.39, 0.29) is 12.8 Å². The molecular formula is C26H46O14. The van der Waals surface area contributed by atoms with Crippen LogP contribution in [0.15, 0.2) is 0 Å². The number of aliphatic hydroxyl groups excluding tert-OH is 7. The van der Waals surface area contributed by atoms with E-state index in [1.54, 1.807) is 0 Å². The maximum absolute atomic E-state index is 12.4. The Morgan fingerprint density at radius 1 is 0.675 bits per heavy atom. The van der Waals surface area contributed by atoms with E-state index < -0.39 is 86.6 Å². The van der Waals surface area contributed by atoms with E-state index in [9.17, 15) is 45.3 Å². The second-order valence-corrected chi connectivity index (χ2v) is 10.5. The standard InChI is InChI=1S/C26H46O14/c27-13-16-20(32)22(34)23(35)25(38-16)40-26(24(36)21(33)17(14-28)39-26)15-37-19(31)12-10-8-6-4-2-1-3-5-7-9-11-18(29)30/h16-17,20-25,27-28,32-36H,1-15H2,(H,29,30)/t16-,17-,20-,21-,22+,23-,24+,25-,26+/m1/s1. The summed E-state index contributed by atoms with van der Waals surface area (Å²) >= 11 is 0. The molecule has 14 heteroatoms. The summed E-state index contributed by atoms with van der Waals surface area (Å²) in [7, 11) is 0. The highest BCUT2D eigenvalue weighted by molar-refractivity contribution is 5.69. The molecular weight excluding hydrogens is 536 g/mol. The van der Waals surface area contributed by atoms with Crippen LogP contribution in [0.5, 0.6) is 0 Å². The number of carboxylic acids is 1. The first-order chi connectivity index (χ1) is 19.1. The Bertz CT molecular complexity index is 751. The fraction of sp³-hybridized carbons (Fsp3) is 0.923. The molecule has 8 N–H and O–H groups in total. The van der Waals surface area contributed by atoms with Crippen LogP contribution >= 0.6 is 0 Å². The van der Waals surface area contributed by atoms with Gasteiger partial charge in [-0.05, 0) is 12.8 Å². The Hall–Kier alpha value is -1.46. The number of carbonyl (C=O) groups is 2. The van der Waals surface area contributed by atoms with Gasteiger partial charge in [-0.15, -0.1) is 0 Å². The molecule has 234 valence electrons. The number of unbranched alkanes of at least 4 members (excludes halogenated alkanes) is 9. The number of carboxylic acid groups (broad SMARTS) is 1. The third-order valence-corrected chi connectivity index (χ3v) is 7.31. The van der Waals surface area contributed by atoms with Gasteiger partial charge in [0.25, 0.3) is 0 Å². The quantitative estimate of drug-likeness (QED) is 0.0669. The number of aliphatic hydroxyl groups is 7. The summed E-state index contributed by atoms with van der Waals surface area (Å²) in [4.78, 5) is 22.9. The average Bonchev–Trinajstić information content (AvgIpc) is 3.17. The predicted octanol–water partition coefficient (Wildman–Crippen LogP) is -1.08. The van der Waals surface area contributed by atoms with Crippen LogP contribution in [0.3, 0.4) is 0 Å². The third kappa shape index (κ3) is 10.1. The van der Waals surface area contributed by atoms with Gasteiger partial charge < -0.3 is 59.8 Å². The molecule has 0 aromatic carbocycles. The first-order valence-corrected chi connectivity index (χ1v) is 14.1. The lowest BCUT2D eigenvalue weighted by Crippen LogP contribution is -2.62. The minimum atomic E-state index is -2.27. The number of hydrogen-bond acceptors (Lipinski definition) is 13. The maximum atomic E-state index is 12.4. The van der Waals surface area contributed by atoms with Crippen molar-refractivity contribution in [2.24, 2.45) is 0 Å². The molecule has 2 aliphatic heterocycles. The van der Waals surface area contributed by atoms with Gasteiger partial charge in [-0.1, -0.05) is 51.4 Å². The van der Waals surface area contributed by atoms with Crippen LogP contribution in [0.25, 0.3) is 0 Å². The van der Waals surface area contributed by atoms with Gasteiger partial charge in [0.2, 0.25) is 5.79 Å². The molecule has 40 heavy (non-hydrogen) atoms. The Balaban J connectivity index is 1.77. The first-order valence-electron chi connectivity index (χ1n) is 14.1. The largest absolute Gasteiger partial charge is 0.481 e. The Morgan fingerprint density at radius 2 is 1.20 bits per heavy atom. The number of aliphatic carboxylic acids is 1. The number of hydrogen-bond donors (Lipinski definition) is 8. The van der Waals surface area contributed by atoms with Gasteiger partial charge in [0.15, 0.2) is 6.29 Å². The van der Waals surface area contributed by atoms with Crippen molar-refractivity contribution < 1.29 is 69.4 Å². The van der Waals surface area contributed by atoms with Gasteiger partial charge >= 0.3 is 11.9 Å². The normalized spacial score (nSPS) is 34.2. The van der Waals surface area contributed by atoms with Crippen LogP contribution in [0.4, 0.5) is 0 Å². The molecule has 0 unspecified atom stereocenters. The summed E-state index contributed by atoms with van der Waals surface area (Å²) in [6.07, 6.45) is -3.71. The Morgan fingerprint density at radius 3 is 1.70 bits per heavy atom. The van der Waals surface area contributed by atoms with Crippen molar-refractivity contribution in [1.82, 2.24) is 0 Å². The molecule has 0 bridgehead atoms. The zero-order chi connectivity index (χ0) is 29.7. The SMILES string of the molecule is O=C(O)CCCCCCCCCCCCC(=O)OC[C@@]1(O[C@H]2O[C@H](CO)[C@@H](O)[C@H](O)[C@H]2O)O[C@H](CO)[C@@H](O)[C@@H]1O. The van der Waals surface area contributed by atoms with Crippen molar-refractivity contribution >= 4 is 11.9 Å². The number of ether oxygens (including phenoxy) is 4. The van der Waals surface area contributed by atoms with Crippen molar-refractivity contribution in [3.05, 3.63) is 0 Å². The fourth-order valence-corrected chi connectivity index (χ4v) is 4.83. The van der Waals surface area contributed by atoms with Gasteiger partial charge in [0.05, 0.1) is 13.2 Å². The minimum Gasteiger partial charge on any atom is -0.481 e. The van der Waals surface area contributed by atoms with Gasteiger partial charge in [-0.3, -0.25) is 9.59 Å². The van der Waals surface area contributed by atoms with Gasteiger partial charge in [-0.25, -0.2) is 0 Å². The van der Waals surface area contributed by atoms with Crippen LogP contribution < -0.4 is 0 Å². The highest BCUT2D eigenvalue weighted by atomic mass is 16.8. The zero-order valence-electron chi connectivity index (χ0n) is 22.8. The summed E-state index contributed by atoms with van der Waals surface area (Å²) in [5.74, 6) is -3.66. The topological polar surface area (TPSA) is 233 Å². The van der Waals surface area contributed by atoms with Gasteiger partial charge in [-0.2, -0.15) is 0 Å². The first kappa shape index (κ1) is 34.7. The number of rotatable bonds is 19. The zero-order valence-corrected chi connectivity index (χ0v) is 22.8. The van der Waals surface area contributed by atoms with Crippen LogP contribution in [0.1, 0.15) is 77.0 Å². The van der Waals surface area contributed by atoms with Crippen LogP contribution in [-0.4, -0.2) is 127 Å². The molecule has 2 saturated heterocycles. The van der Waals surface area contributed by atoms with Crippen molar-refractivity contribution in [1.29, 1.82) is 0 Å². The van der Waals surface area contributed by atoms with E-state index in [0.717, 1.165) is 51.4 Å². The predicted molar refractivity (Wildman–Crippen MR) is 136 cm³/mol. The minimum absolute atomic E-state index is 0.0712. The van der Waals surface area contributed by atoms with Crippen molar-refractivity contribution in [2.45, 2.75) is 132 Å². The molecule has 2 aliphatic rings. The summed E-state index contributed by atoms with van der Waals surface area (Å²) in [5, 5.41) is 78.8. The summed E-state index contributed by atoms with van der Waals surface area (Å²) in [5.41, 5.74) is 0. The molecule has 2 fully saturated rings. The highest BCUT2D eigenvalue weighted by Gasteiger charge is 2.59. The lowest BCUT2D eigenvalue weighted by Gasteiger charge is -2.43. The second-order valence-electron chi connectivity index (χ2n) is 10.5. The molecule has 0 spiro atoms. The van der Waals surface area contributed by atoms with E-state index in [1.807, 2.05) is 0 Å². The Kier molecular flexibility index (Phi) is 15.2. The molecule has 14 nitrogen and oxygen atoms in total. The van der Waals surface area contributed by atoms with Crippen LogP contribution in [-0.2, 0) is 28.5 Å². The van der Waals surface area contributed by atoms with Crippen LogP contribution in [0, 0.1) is 0 Å². The number of esters is 1. The smallest absolute Gasteiger partial charge is 0.305 e. The molecule has 0 aliphatic carbocycles. The average molecular weight is 583 g/mol. The molecule has 9 atom stereocenters. The molecule has 2 rings (SSSR count). The molecule has 0 radical (unpaired) electrons. The van der Waals surface area contributed by atoms with Gasteiger partial charge in [0, 0.05) is 12.8 Å². The molecule has 2 heterocycles. The lowest BCUT2D eigenvalue weighted by atomic mass is 9.99. The van der Waals surface area contributed by atoms with E-state index in [4.69, 9.17) is 24.1 Å². The van der Waals surface area contributed by atoms with Gasteiger partial charge in [0.1, 0.15) is 49.3 Å². The maximum Gasteiger partial charge on any atom is 0.305 e. The molecule has 0 amide bonds. The fourth-order valence-electron chi connectivity index (χ4n) is 4.83. The highest BCUT2D eigenvalue weighted by Crippen LogP contribution is 2.36. The Labute approximate surface area is 233 Å². The molecule has 0 aromatic heterocycles. The van der Waals surface area contributed by atoms with E-state index in [2.05, 4.69) is 0 Å².